The third-order valence-corrected chi connectivity index (χ3v) is 2.88. The van der Waals surface area contributed by atoms with E-state index in [4.69, 9.17) is 5.73 Å². The Morgan fingerprint density at radius 2 is 1.95 bits per heavy atom. The molecule has 0 aliphatic heterocycles. The van der Waals surface area contributed by atoms with Crippen LogP contribution in [0.1, 0.15) is 0 Å². The number of anilines is 1. The van der Waals surface area contributed by atoms with E-state index in [1.807, 2.05) is 24.3 Å². The highest BCUT2D eigenvalue weighted by Gasteiger charge is 2.12. The molecule has 92 valence electrons. The molecule has 0 bridgehead atoms. The number of fused-ring (bicyclic) bond motifs is 2. The molecule has 8 nitrogen and oxygen atoms in total. The number of nitrogen functional groups attached to an aromatic ring is 1. The Labute approximate surface area is 106 Å². The number of aromatic nitrogens is 7. The summed E-state index contributed by atoms with van der Waals surface area (Å²) in [4.78, 5) is 13.9. The fourth-order valence-electron chi connectivity index (χ4n) is 2.00. The fraction of sp³-hybridized carbons (Fsp3) is 0. The van der Waals surface area contributed by atoms with Crippen molar-refractivity contribution in [2.75, 3.05) is 5.73 Å². The van der Waals surface area contributed by atoms with Crippen molar-refractivity contribution >= 4 is 28.0 Å². The van der Waals surface area contributed by atoms with Gasteiger partial charge in [0.1, 0.15) is 23.7 Å². The van der Waals surface area contributed by atoms with Crippen LogP contribution in [0.25, 0.3) is 22.2 Å². The molecule has 19 heavy (non-hydrogen) atoms. The van der Waals surface area contributed by atoms with Crippen molar-refractivity contribution in [2.45, 2.75) is 0 Å². The van der Waals surface area contributed by atoms with Gasteiger partial charge in [0.2, 0.25) is 0 Å². The highest BCUT2D eigenvalue weighted by molar-refractivity contribution is 5.82. The summed E-state index contributed by atoms with van der Waals surface area (Å²) in [6.45, 7) is 0. The molecule has 0 amide bonds. The lowest BCUT2D eigenvalue weighted by Gasteiger charge is -2.03. The van der Waals surface area contributed by atoms with Crippen molar-refractivity contribution in [2.24, 2.45) is 0 Å². The Morgan fingerprint density at radius 3 is 2.89 bits per heavy atom. The van der Waals surface area contributed by atoms with E-state index < -0.39 is 0 Å². The topological polar surface area (TPSA) is 100 Å². The third-order valence-electron chi connectivity index (χ3n) is 2.88. The number of hydrogen-bond donors (Lipinski definition) is 1. The Hall–Kier alpha value is -3.03. The standard InChI is InChI=1S/C11H8N8/c12-10-9-11(14-5-13-10)18(6-15-9)19-8-4-2-1-3-7(8)16-17-19/h1-6H,(H2,12,13,14). The molecule has 3 heterocycles. The van der Waals surface area contributed by atoms with Gasteiger partial charge in [-0.1, -0.05) is 12.1 Å². The van der Waals surface area contributed by atoms with Gasteiger partial charge in [-0.15, -0.1) is 9.89 Å². The SMILES string of the molecule is Nc1ncnc2c1ncn2-n1nnc2ccccc21. The van der Waals surface area contributed by atoms with Crippen LogP contribution in [0.3, 0.4) is 0 Å². The maximum Gasteiger partial charge on any atom is 0.186 e. The molecule has 8 heteroatoms. The smallest absolute Gasteiger partial charge is 0.186 e. The van der Waals surface area contributed by atoms with Gasteiger partial charge in [0.15, 0.2) is 17.0 Å². The number of para-hydroxylation sites is 1. The second-order valence-corrected chi connectivity index (χ2v) is 3.99. The molecule has 4 aromatic rings. The van der Waals surface area contributed by atoms with Crippen LogP contribution in [0.4, 0.5) is 5.82 Å². The van der Waals surface area contributed by atoms with Gasteiger partial charge in [0, 0.05) is 0 Å². The lowest BCUT2D eigenvalue weighted by molar-refractivity contribution is 0.580. The molecular formula is C11H8N8. The maximum atomic E-state index is 5.76. The van der Waals surface area contributed by atoms with E-state index in [9.17, 15) is 0 Å². The first kappa shape index (κ1) is 9.95. The quantitative estimate of drug-likeness (QED) is 0.528. The van der Waals surface area contributed by atoms with E-state index in [1.54, 1.807) is 15.8 Å². The summed E-state index contributed by atoms with van der Waals surface area (Å²) in [5.41, 5.74) is 8.55. The van der Waals surface area contributed by atoms with Crippen molar-refractivity contribution in [3.63, 3.8) is 0 Å². The van der Waals surface area contributed by atoms with E-state index in [2.05, 4.69) is 25.3 Å². The summed E-state index contributed by atoms with van der Waals surface area (Å²) in [7, 11) is 0. The monoisotopic (exact) mass is 252 g/mol. The molecule has 0 fully saturated rings. The summed E-state index contributed by atoms with van der Waals surface area (Å²) in [6, 6.07) is 7.64. The highest BCUT2D eigenvalue weighted by atomic mass is 15.7. The predicted octanol–water partition coefficient (Wildman–Crippen LogP) is 0.465. The molecule has 0 aliphatic rings. The largest absolute Gasteiger partial charge is 0.382 e. The summed E-state index contributed by atoms with van der Waals surface area (Å²) >= 11 is 0. The molecule has 4 rings (SSSR count). The number of nitrogens with two attached hydrogens (primary N) is 1. The van der Waals surface area contributed by atoms with Gasteiger partial charge >= 0.3 is 0 Å². The van der Waals surface area contributed by atoms with Crippen molar-refractivity contribution in [3.05, 3.63) is 36.9 Å². The zero-order valence-electron chi connectivity index (χ0n) is 9.67. The fourth-order valence-corrected chi connectivity index (χ4v) is 2.00. The van der Waals surface area contributed by atoms with Crippen LogP contribution in [-0.4, -0.2) is 34.7 Å². The lowest BCUT2D eigenvalue weighted by Crippen LogP contribution is -2.10. The van der Waals surface area contributed by atoms with E-state index >= 15 is 0 Å². The number of benzene rings is 1. The summed E-state index contributed by atoms with van der Waals surface area (Å²) < 4.78 is 1.68. The second-order valence-electron chi connectivity index (χ2n) is 3.99. The van der Waals surface area contributed by atoms with Gasteiger partial charge in [-0.25, -0.2) is 15.0 Å². The van der Waals surface area contributed by atoms with Crippen LogP contribution in [0, 0.1) is 0 Å². The van der Waals surface area contributed by atoms with E-state index in [1.165, 1.54) is 6.33 Å². The average Bonchev–Trinajstić information content (AvgIpc) is 3.02. The first-order valence-corrected chi connectivity index (χ1v) is 5.59. The van der Waals surface area contributed by atoms with Gasteiger partial charge in [0.25, 0.3) is 0 Å². The maximum absolute atomic E-state index is 5.76. The van der Waals surface area contributed by atoms with Crippen LogP contribution in [0.15, 0.2) is 36.9 Å². The molecule has 2 N–H and O–H groups in total. The Kier molecular flexibility index (Phi) is 1.82. The van der Waals surface area contributed by atoms with Gasteiger partial charge in [-0.05, 0) is 17.3 Å². The van der Waals surface area contributed by atoms with Crippen LogP contribution in [-0.2, 0) is 0 Å². The lowest BCUT2D eigenvalue weighted by atomic mass is 10.3. The predicted molar refractivity (Wildman–Crippen MR) is 68.1 cm³/mol. The van der Waals surface area contributed by atoms with Crippen LogP contribution < -0.4 is 5.73 Å². The van der Waals surface area contributed by atoms with Gasteiger partial charge < -0.3 is 5.73 Å². The molecular weight excluding hydrogens is 244 g/mol. The summed E-state index contributed by atoms with van der Waals surface area (Å²) in [6.07, 6.45) is 2.99. The van der Waals surface area contributed by atoms with Gasteiger partial charge in [-0.2, -0.15) is 4.68 Å². The Balaban J connectivity index is 2.07. The highest BCUT2D eigenvalue weighted by Crippen LogP contribution is 2.16. The van der Waals surface area contributed by atoms with Crippen molar-refractivity contribution in [1.82, 2.24) is 34.7 Å². The second kappa shape index (κ2) is 3.48. The van der Waals surface area contributed by atoms with Crippen molar-refractivity contribution in [3.8, 4) is 0 Å². The van der Waals surface area contributed by atoms with E-state index in [-0.39, 0.29) is 0 Å². The molecule has 0 radical (unpaired) electrons. The molecule has 0 atom stereocenters. The molecule has 0 saturated heterocycles. The molecule has 0 spiro atoms. The minimum Gasteiger partial charge on any atom is -0.382 e. The van der Waals surface area contributed by atoms with E-state index in [0.717, 1.165) is 11.0 Å². The number of hydrogen-bond acceptors (Lipinski definition) is 6. The molecule has 0 unspecified atom stereocenters. The molecule has 0 saturated carbocycles. The van der Waals surface area contributed by atoms with Gasteiger partial charge in [0.05, 0.1) is 0 Å². The minimum atomic E-state index is 0.341. The van der Waals surface area contributed by atoms with Gasteiger partial charge in [-0.3, -0.25) is 0 Å². The van der Waals surface area contributed by atoms with Crippen molar-refractivity contribution < 1.29 is 0 Å². The third kappa shape index (κ3) is 1.30. The number of rotatable bonds is 1. The number of imidazole rings is 1. The van der Waals surface area contributed by atoms with Crippen LogP contribution in [0.2, 0.25) is 0 Å². The zero-order valence-corrected chi connectivity index (χ0v) is 9.67. The molecule has 3 aromatic heterocycles. The van der Waals surface area contributed by atoms with Crippen LogP contribution >= 0.6 is 0 Å². The van der Waals surface area contributed by atoms with E-state index in [0.29, 0.717) is 17.0 Å². The van der Waals surface area contributed by atoms with Crippen molar-refractivity contribution in [1.29, 1.82) is 0 Å². The Bertz CT molecular complexity index is 890. The minimum absolute atomic E-state index is 0.341. The normalized spacial score (nSPS) is 11.4. The average molecular weight is 252 g/mol. The molecule has 1 aromatic carbocycles. The first-order chi connectivity index (χ1) is 9.34. The van der Waals surface area contributed by atoms with Crippen LogP contribution in [0.5, 0.6) is 0 Å². The zero-order chi connectivity index (χ0) is 12.8. The Morgan fingerprint density at radius 1 is 1.05 bits per heavy atom. The summed E-state index contributed by atoms with van der Waals surface area (Å²) in [5.74, 6) is 0.341. The summed E-state index contributed by atoms with van der Waals surface area (Å²) in [5, 5.41) is 8.20. The molecule has 0 aliphatic carbocycles. The first-order valence-electron chi connectivity index (χ1n) is 5.59. The number of nitrogens with zero attached hydrogens (tertiary/aromatic N) is 7.